The Morgan fingerprint density at radius 3 is 3.21 bits per heavy atom. The normalized spacial score (nSPS) is 26.3. The van der Waals surface area contributed by atoms with Crippen molar-refractivity contribution in [2.24, 2.45) is 7.05 Å². The van der Waals surface area contributed by atoms with Crippen LogP contribution < -0.4 is 0 Å². The molecule has 2 rings (SSSR count). The SMILES string of the molecule is Cn1cncc1C1CCC(CC#N)O1. The van der Waals surface area contributed by atoms with Gasteiger partial charge in [0.1, 0.15) is 0 Å². The van der Waals surface area contributed by atoms with Crippen LogP contribution in [0.5, 0.6) is 0 Å². The third-order valence-electron chi connectivity index (χ3n) is 2.61. The molecule has 2 atom stereocenters. The van der Waals surface area contributed by atoms with Gasteiger partial charge in [0.15, 0.2) is 0 Å². The van der Waals surface area contributed by atoms with Crippen LogP contribution in [-0.2, 0) is 11.8 Å². The van der Waals surface area contributed by atoms with Crippen molar-refractivity contribution in [1.82, 2.24) is 9.55 Å². The summed E-state index contributed by atoms with van der Waals surface area (Å²) in [6, 6.07) is 2.14. The summed E-state index contributed by atoms with van der Waals surface area (Å²) >= 11 is 0. The Kier molecular flexibility index (Phi) is 2.51. The number of nitrogens with zero attached hydrogens (tertiary/aromatic N) is 3. The molecule has 0 bridgehead atoms. The van der Waals surface area contributed by atoms with Crippen molar-refractivity contribution in [3.05, 3.63) is 18.2 Å². The number of ether oxygens (including phenoxy) is 1. The minimum Gasteiger partial charge on any atom is -0.368 e. The van der Waals surface area contributed by atoms with Crippen molar-refractivity contribution in [1.29, 1.82) is 5.26 Å². The van der Waals surface area contributed by atoms with Crippen LogP contribution in [0, 0.1) is 11.3 Å². The van der Waals surface area contributed by atoms with Gasteiger partial charge in [-0.05, 0) is 12.8 Å². The Hall–Kier alpha value is -1.34. The van der Waals surface area contributed by atoms with E-state index in [1.165, 1.54) is 0 Å². The predicted octanol–water partition coefficient (Wildman–Crippen LogP) is 1.55. The highest BCUT2D eigenvalue weighted by Gasteiger charge is 2.27. The molecule has 0 aromatic carbocycles. The number of hydrogen-bond donors (Lipinski definition) is 0. The lowest BCUT2D eigenvalue weighted by atomic mass is 10.1. The van der Waals surface area contributed by atoms with Crippen molar-refractivity contribution >= 4 is 0 Å². The highest BCUT2D eigenvalue weighted by atomic mass is 16.5. The zero-order chi connectivity index (χ0) is 9.97. The second-order valence-corrected chi connectivity index (χ2v) is 3.62. The summed E-state index contributed by atoms with van der Waals surface area (Å²) in [6.07, 6.45) is 6.31. The van der Waals surface area contributed by atoms with Crippen molar-refractivity contribution in [2.75, 3.05) is 0 Å². The van der Waals surface area contributed by atoms with Crippen LogP contribution in [0.1, 0.15) is 31.1 Å². The first-order valence-electron chi connectivity index (χ1n) is 4.80. The van der Waals surface area contributed by atoms with Gasteiger partial charge in [-0.3, -0.25) is 0 Å². The molecule has 2 heterocycles. The molecule has 1 aliphatic rings. The van der Waals surface area contributed by atoms with E-state index in [-0.39, 0.29) is 12.2 Å². The van der Waals surface area contributed by atoms with E-state index in [1.54, 1.807) is 6.33 Å². The molecule has 0 aliphatic carbocycles. The van der Waals surface area contributed by atoms with E-state index in [0.717, 1.165) is 18.5 Å². The molecular weight excluding hydrogens is 178 g/mol. The molecule has 14 heavy (non-hydrogen) atoms. The second kappa shape index (κ2) is 3.81. The quantitative estimate of drug-likeness (QED) is 0.712. The van der Waals surface area contributed by atoms with E-state index in [1.807, 2.05) is 17.8 Å². The van der Waals surface area contributed by atoms with Crippen molar-refractivity contribution in [3.63, 3.8) is 0 Å². The van der Waals surface area contributed by atoms with E-state index in [9.17, 15) is 0 Å². The molecule has 2 unspecified atom stereocenters. The minimum absolute atomic E-state index is 0.111. The standard InChI is InChI=1S/C10H13N3O/c1-13-7-12-6-9(13)10-3-2-8(14-10)4-5-11/h6-8,10H,2-4H2,1H3. The number of nitriles is 1. The minimum atomic E-state index is 0.111. The van der Waals surface area contributed by atoms with Crippen LogP contribution in [-0.4, -0.2) is 15.7 Å². The number of imidazole rings is 1. The van der Waals surface area contributed by atoms with Crippen LogP contribution in [0.25, 0.3) is 0 Å². The molecule has 1 saturated heterocycles. The van der Waals surface area contributed by atoms with Crippen LogP contribution in [0.15, 0.2) is 12.5 Å². The summed E-state index contributed by atoms with van der Waals surface area (Å²) in [5, 5.41) is 8.55. The van der Waals surface area contributed by atoms with E-state index in [2.05, 4.69) is 11.1 Å². The van der Waals surface area contributed by atoms with Crippen molar-refractivity contribution < 1.29 is 4.74 Å². The summed E-state index contributed by atoms with van der Waals surface area (Å²) in [7, 11) is 1.96. The lowest BCUT2D eigenvalue weighted by molar-refractivity contribution is 0.0436. The summed E-state index contributed by atoms with van der Waals surface area (Å²) in [5.74, 6) is 0. The molecule has 0 spiro atoms. The zero-order valence-electron chi connectivity index (χ0n) is 8.18. The third-order valence-corrected chi connectivity index (χ3v) is 2.61. The monoisotopic (exact) mass is 191 g/mol. The molecule has 4 heteroatoms. The first kappa shape index (κ1) is 9.22. The molecule has 0 radical (unpaired) electrons. The van der Waals surface area contributed by atoms with Gasteiger partial charge in [-0.1, -0.05) is 0 Å². The van der Waals surface area contributed by atoms with E-state index < -0.39 is 0 Å². The summed E-state index contributed by atoms with van der Waals surface area (Å²) in [6.45, 7) is 0. The number of rotatable bonds is 2. The fourth-order valence-electron chi connectivity index (χ4n) is 1.85. The Morgan fingerprint density at radius 1 is 1.71 bits per heavy atom. The number of aromatic nitrogens is 2. The molecule has 1 aromatic heterocycles. The fourth-order valence-corrected chi connectivity index (χ4v) is 1.85. The molecule has 74 valence electrons. The molecule has 1 aromatic rings. The van der Waals surface area contributed by atoms with Gasteiger partial charge in [-0.15, -0.1) is 0 Å². The predicted molar refractivity (Wildman–Crippen MR) is 50.3 cm³/mol. The Morgan fingerprint density at radius 2 is 2.57 bits per heavy atom. The first-order chi connectivity index (χ1) is 6.81. The molecular formula is C10H13N3O. The molecule has 1 aliphatic heterocycles. The average molecular weight is 191 g/mol. The summed E-state index contributed by atoms with van der Waals surface area (Å²) in [4.78, 5) is 4.06. The lowest BCUT2D eigenvalue weighted by Gasteiger charge is -2.11. The van der Waals surface area contributed by atoms with Gasteiger partial charge < -0.3 is 9.30 Å². The van der Waals surface area contributed by atoms with Gasteiger partial charge in [0, 0.05) is 7.05 Å². The number of aryl methyl sites for hydroxylation is 1. The highest BCUT2D eigenvalue weighted by Crippen LogP contribution is 2.33. The molecule has 0 saturated carbocycles. The lowest BCUT2D eigenvalue weighted by Crippen LogP contribution is -2.07. The van der Waals surface area contributed by atoms with Gasteiger partial charge in [0.25, 0.3) is 0 Å². The fraction of sp³-hybridized carbons (Fsp3) is 0.600. The maximum absolute atomic E-state index is 8.55. The molecule has 4 nitrogen and oxygen atoms in total. The van der Waals surface area contributed by atoms with Crippen LogP contribution in [0.2, 0.25) is 0 Å². The molecule has 0 amide bonds. The van der Waals surface area contributed by atoms with Crippen molar-refractivity contribution in [2.45, 2.75) is 31.5 Å². The Bertz CT molecular complexity index is 352. The Labute approximate surface area is 83.1 Å². The van der Waals surface area contributed by atoms with Gasteiger partial charge >= 0.3 is 0 Å². The highest BCUT2D eigenvalue weighted by molar-refractivity contribution is 5.04. The van der Waals surface area contributed by atoms with E-state index in [4.69, 9.17) is 10.00 Å². The van der Waals surface area contributed by atoms with Crippen molar-refractivity contribution in [3.8, 4) is 6.07 Å². The largest absolute Gasteiger partial charge is 0.368 e. The van der Waals surface area contributed by atoms with E-state index >= 15 is 0 Å². The Balaban J connectivity index is 2.03. The zero-order valence-corrected chi connectivity index (χ0v) is 8.18. The second-order valence-electron chi connectivity index (χ2n) is 3.62. The van der Waals surface area contributed by atoms with Crippen LogP contribution in [0.4, 0.5) is 0 Å². The topological polar surface area (TPSA) is 50.8 Å². The van der Waals surface area contributed by atoms with Crippen LogP contribution in [0.3, 0.4) is 0 Å². The van der Waals surface area contributed by atoms with Gasteiger partial charge in [-0.25, -0.2) is 4.98 Å². The summed E-state index contributed by atoms with van der Waals surface area (Å²) in [5.41, 5.74) is 1.10. The first-order valence-corrected chi connectivity index (χ1v) is 4.80. The number of hydrogen-bond acceptors (Lipinski definition) is 3. The maximum Gasteiger partial charge on any atom is 0.0995 e. The van der Waals surface area contributed by atoms with Crippen LogP contribution >= 0.6 is 0 Å². The van der Waals surface area contributed by atoms with E-state index in [0.29, 0.717) is 6.42 Å². The maximum atomic E-state index is 8.55. The van der Waals surface area contributed by atoms with Gasteiger partial charge in [0.2, 0.25) is 0 Å². The third kappa shape index (κ3) is 1.64. The average Bonchev–Trinajstić information content (AvgIpc) is 2.74. The smallest absolute Gasteiger partial charge is 0.0995 e. The molecule has 1 fully saturated rings. The molecule has 0 N–H and O–H groups in total. The van der Waals surface area contributed by atoms with Gasteiger partial charge in [0.05, 0.1) is 42.9 Å². The van der Waals surface area contributed by atoms with Gasteiger partial charge in [-0.2, -0.15) is 5.26 Å². The summed E-state index contributed by atoms with van der Waals surface area (Å²) < 4.78 is 7.72.